The van der Waals surface area contributed by atoms with E-state index in [-0.39, 0.29) is 31.5 Å². The van der Waals surface area contributed by atoms with Gasteiger partial charge in [0, 0.05) is 37.3 Å². The van der Waals surface area contributed by atoms with Gasteiger partial charge in [0.1, 0.15) is 35.0 Å². The number of carbonyl (C=O) groups excluding carboxylic acids is 5. The third kappa shape index (κ3) is 7.61. The van der Waals surface area contributed by atoms with Crippen molar-refractivity contribution in [2.75, 3.05) is 6.54 Å². The van der Waals surface area contributed by atoms with Crippen LogP contribution in [0.1, 0.15) is 75.3 Å². The van der Waals surface area contributed by atoms with E-state index in [1.165, 1.54) is 29.2 Å². The summed E-state index contributed by atoms with van der Waals surface area (Å²) in [5.41, 5.74) is -3.90. The maximum absolute atomic E-state index is 15.2. The molecule has 300 valence electrons. The Morgan fingerprint density at radius 3 is 2.36 bits per heavy atom. The van der Waals surface area contributed by atoms with Crippen molar-refractivity contribution < 1.29 is 63.5 Å². The van der Waals surface area contributed by atoms with Gasteiger partial charge >= 0.3 is 12.3 Å². The summed E-state index contributed by atoms with van der Waals surface area (Å²) in [4.78, 5) is 70.3. The summed E-state index contributed by atoms with van der Waals surface area (Å²) in [5, 5.41) is 3.76. The van der Waals surface area contributed by atoms with Gasteiger partial charge in [-0.3, -0.25) is 28.8 Å². The van der Waals surface area contributed by atoms with Gasteiger partial charge in [-0.2, -0.15) is 13.2 Å². The van der Waals surface area contributed by atoms with E-state index in [1.54, 1.807) is 6.07 Å². The lowest BCUT2D eigenvalue weighted by Gasteiger charge is -2.31. The Balaban J connectivity index is 1.18. The molecule has 7 rings (SSSR count). The number of benzene rings is 1. The van der Waals surface area contributed by atoms with Crippen molar-refractivity contribution in [3.63, 3.8) is 0 Å². The zero-order valence-corrected chi connectivity index (χ0v) is 30.1. The van der Waals surface area contributed by atoms with Crippen LogP contribution in [0.4, 0.5) is 31.1 Å². The van der Waals surface area contributed by atoms with Crippen LogP contribution < -0.4 is 15.4 Å². The van der Waals surface area contributed by atoms with Gasteiger partial charge in [0.25, 0.3) is 5.91 Å². The molecule has 0 spiro atoms. The first-order chi connectivity index (χ1) is 25.8. The standard InChI is InChI=1S/C35H39F6N5O8S/c36-24-6-3-4-19-16-45(18-23(19)24)31(51)54-21-14-26-27(47)43-34(30(50)44-55(52,53)22-7-8-22)15-20(34)5-1-2-10-33(37,38)11-9-25(28(48)46(26)17-21)42-29(49)32(12-13-32)35(39,40)41/h1,3-6,20-22,25-26H,2,7-18H2,(H,42,49)(H,43,47)(H,44,50)/b5-1-/t20-,21-,25+,26+,34-/m1/s1. The van der Waals surface area contributed by atoms with E-state index in [1.807, 2.05) is 10.0 Å². The third-order valence-electron chi connectivity index (χ3n) is 11.4. The highest BCUT2D eigenvalue weighted by Gasteiger charge is 2.69. The van der Waals surface area contributed by atoms with Crippen molar-refractivity contribution >= 4 is 39.7 Å². The molecule has 0 aromatic heterocycles. The summed E-state index contributed by atoms with van der Waals surface area (Å²) in [6.45, 7) is -0.742. The first-order valence-electron chi connectivity index (χ1n) is 18.1. The number of carbonyl (C=O) groups is 5. The van der Waals surface area contributed by atoms with Crippen LogP contribution in [0, 0.1) is 17.2 Å². The van der Waals surface area contributed by atoms with Gasteiger partial charge in [0.15, 0.2) is 0 Å². The van der Waals surface area contributed by atoms with E-state index >= 15 is 8.78 Å². The molecule has 20 heteroatoms. The van der Waals surface area contributed by atoms with E-state index in [2.05, 4.69) is 5.32 Å². The second-order valence-electron chi connectivity index (χ2n) is 15.4. The molecule has 13 nitrogen and oxygen atoms in total. The molecule has 0 radical (unpaired) electrons. The van der Waals surface area contributed by atoms with Crippen molar-refractivity contribution in [1.29, 1.82) is 0 Å². The number of halogens is 6. The number of allylic oxidation sites excluding steroid dienone is 1. The highest BCUT2D eigenvalue weighted by Crippen LogP contribution is 2.58. The quantitative estimate of drug-likeness (QED) is 0.291. The second-order valence-corrected chi connectivity index (χ2v) is 17.4. The number of hydrogen-bond donors (Lipinski definition) is 3. The molecular formula is C35H39F6N5O8S. The average Bonchev–Trinajstić information content (AvgIpc) is 4.04. The summed E-state index contributed by atoms with van der Waals surface area (Å²) in [6.07, 6.45) is -8.38. The van der Waals surface area contributed by atoms with E-state index in [0.717, 1.165) is 4.90 Å². The Morgan fingerprint density at radius 2 is 1.71 bits per heavy atom. The first kappa shape index (κ1) is 38.9. The molecule has 6 aliphatic rings. The number of alkyl halides is 5. The van der Waals surface area contributed by atoms with Crippen LogP contribution in [0.3, 0.4) is 0 Å². The molecule has 5 amide bonds. The molecule has 0 unspecified atom stereocenters. The van der Waals surface area contributed by atoms with E-state index in [4.69, 9.17) is 4.74 Å². The molecule has 5 atom stereocenters. The Labute approximate surface area is 311 Å². The maximum atomic E-state index is 15.2. The van der Waals surface area contributed by atoms with Crippen molar-refractivity contribution in [3.05, 3.63) is 47.3 Å². The number of rotatable bonds is 6. The number of hydrogen-bond acceptors (Lipinski definition) is 8. The minimum absolute atomic E-state index is 0.0230. The highest BCUT2D eigenvalue weighted by atomic mass is 32.2. The van der Waals surface area contributed by atoms with Crippen molar-refractivity contribution in [1.82, 2.24) is 25.2 Å². The van der Waals surface area contributed by atoms with Gasteiger partial charge in [-0.15, -0.1) is 0 Å². The molecule has 3 aliphatic heterocycles. The fourth-order valence-electron chi connectivity index (χ4n) is 7.62. The molecule has 1 aromatic rings. The van der Waals surface area contributed by atoms with E-state index in [0.29, 0.717) is 18.4 Å². The van der Waals surface area contributed by atoms with Crippen LogP contribution in [0.25, 0.3) is 0 Å². The molecule has 3 saturated carbocycles. The SMILES string of the molecule is O=C1N[C@]2(C(=O)NS(=O)(=O)C3CC3)C[C@H]2/C=C\CCC(F)(F)CC[C@H](NC(=O)C2(C(F)(F)F)CC2)C(=O)N2C[C@H](OC(=O)N3Cc4cccc(F)c4C3)C[C@@H]12. The zero-order valence-electron chi connectivity index (χ0n) is 29.3. The number of nitrogens with zero attached hydrogens (tertiary/aromatic N) is 2. The van der Waals surface area contributed by atoms with Crippen LogP contribution in [-0.4, -0.2) is 95.6 Å². The van der Waals surface area contributed by atoms with Crippen LogP contribution in [0.2, 0.25) is 0 Å². The molecule has 55 heavy (non-hydrogen) atoms. The van der Waals surface area contributed by atoms with Gasteiger partial charge in [-0.05, 0) is 56.6 Å². The lowest BCUT2D eigenvalue weighted by atomic mass is 10.00. The molecule has 0 bridgehead atoms. The molecule has 3 heterocycles. The smallest absolute Gasteiger partial charge is 0.410 e. The molecular weight excluding hydrogens is 764 g/mol. The summed E-state index contributed by atoms with van der Waals surface area (Å²) in [6, 6.07) is 0.727. The van der Waals surface area contributed by atoms with Crippen LogP contribution >= 0.6 is 0 Å². The Hall–Kier alpha value is -4.36. The average molecular weight is 804 g/mol. The monoisotopic (exact) mass is 803 g/mol. The maximum Gasteiger partial charge on any atom is 0.410 e. The van der Waals surface area contributed by atoms with Gasteiger partial charge in [-0.25, -0.2) is 26.4 Å². The van der Waals surface area contributed by atoms with Crippen LogP contribution in [0.5, 0.6) is 0 Å². The van der Waals surface area contributed by atoms with Crippen molar-refractivity contribution in [2.24, 2.45) is 11.3 Å². The van der Waals surface area contributed by atoms with Crippen molar-refractivity contribution in [3.8, 4) is 0 Å². The van der Waals surface area contributed by atoms with E-state index in [9.17, 15) is 50.0 Å². The predicted octanol–water partition coefficient (Wildman–Crippen LogP) is 3.32. The molecule has 1 aromatic carbocycles. The Kier molecular flexibility index (Phi) is 9.68. The number of amides is 5. The summed E-state index contributed by atoms with van der Waals surface area (Å²) in [5.74, 6) is -9.72. The van der Waals surface area contributed by atoms with Crippen LogP contribution in [0.15, 0.2) is 30.4 Å². The van der Waals surface area contributed by atoms with Gasteiger partial charge < -0.3 is 20.3 Å². The number of sulfonamides is 1. The lowest BCUT2D eigenvalue weighted by Crippen LogP contribution is -2.59. The fraction of sp³-hybridized carbons (Fsp3) is 0.629. The van der Waals surface area contributed by atoms with E-state index < -0.39 is 143 Å². The number of nitrogens with one attached hydrogen (secondary N) is 3. The largest absolute Gasteiger partial charge is 0.444 e. The minimum atomic E-state index is -4.99. The van der Waals surface area contributed by atoms with Gasteiger partial charge in [0.05, 0.1) is 18.3 Å². The summed E-state index contributed by atoms with van der Waals surface area (Å²) >= 11 is 0. The van der Waals surface area contributed by atoms with Gasteiger partial charge in [-0.1, -0.05) is 24.3 Å². The highest BCUT2D eigenvalue weighted by molar-refractivity contribution is 7.91. The number of ether oxygens (including phenoxy) is 1. The Bertz CT molecular complexity index is 1940. The number of fused-ring (bicyclic) bond motifs is 3. The van der Waals surface area contributed by atoms with Crippen LogP contribution in [-0.2, 0) is 47.0 Å². The lowest BCUT2D eigenvalue weighted by molar-refractivity contribution is -0.193. The molecule has 3 aliphatic carbocycles. The normalized spacial score (nSPS) is 30.7. The summed E-state index contributed by atoms with van der Waals surface area (Å²) < 4.78 is 120. The Morgan fingerprint density at radius 1 is 0.982 bits per heavy atom. The zero-order chi connectivity index (χ0) is 39.7. The van der Waals surface area contributed by atoms with Gasteiger partial charge in [0.2, 0.25) is 33.7 Å². The predicted molar refractivity (Wildman–Crippen MR) is 177 cm³/mol. The third-order valence-corrected chi connectivity index (χ3v) is 13.3. The first-order valence-corrected chi connectivity index (χ1v) is 19.6. The topological polar surface area (TPSA) is 171 Å². The van der Waals surface area contributed by atoms with Crippen molar-refractivity contribution in [2.45, 2.75) is 118 Å². The fourth-order valence-corrected chi connectivity index (χ4v) is 8.99. The molecule has 4 fully saturated rings. The second kappa shape index (κ2) is 13.7. The minimum Gasteiger partial charge on any atom is -0.444 e. The molecule has 1 saturated heterocycles. The summed E-state index contributed by atoms with van der Waals surface area (Å²) in [7, 11) is -4.11. The molecule has 3 N–H and O–H groups in total.